The molecule has 2 heterocycles. The van der Waals surface area contributed by atoms with Gasteiger partial charge in [-0.25, -0.2) is 4.98 Å². The molecular weight excluding hydrogens is 386 g/mol. The van der Waals surface area contributed by atoms with Crippen molar-refractivity contribution in [2.24, 2.45) is 0 Å². The van der Waals surface area contributed by atoms with Gasteiger partial charge in [-0.3, -0.25) is 0 Å². The Labute approximate surface area is 184 Å². The zero-order chi connectivity index (χ0) is 22.1. The third-order valence-corrected chi connectivity index (χ3v) is 5.82. The number of benzene rings is 2. The third-order valence-electron chi connectivity index (χ3n) is 5.82. The minimum Gasteiger partial charge on any atom is -0.491 e. The Balaban J connectivity index is 1.78. The standard InChI is InChI=1S/C25H31N5O/c1-15(2)22-17(4)28-25(26)29-24(22)30-9-10-31-23-16(3)11-19(12-20(23)14-30)18-7-6-8-21(13-18)27-5/h6-8,11-13,15,27H,9-10,14H2,1-5H3,(H2,26,28,29). The van der Waals surface area contributed by atoms with E-state index in [-0.39, 0.29) is 0 Å². The average molecular weight is 418 g/mol. The van der Waals surface area contributed by atoms with Gasteiger partial charge in [0.05, 0.1) is 6.54 Å². The van der Waals surface area contributed by atoms with Crippen LogP contribution >= 0.6 is 0 Å². The lowest BCUT2D eigenvalue weighted by Crippen LogP contribution is -2.28. The first kappa shape index (κ1) is 21.0. The lowest BCUT2D eigenvalue weighted by molar-refractivity contribution is 0.329. The van der Waals surface area contributed by atoms with Crippen molar-refractivity contribution in [2.75, 3.05) is 36.1 Å². The fraction of sp³-hybridized carbons (Fsp3) is 0.360. The molecule has 0 aliphatic carbocycles. The zero-order valence-electron chi connectivity index (χ0n) is 19.0. The van der Waals surface area contributed by atoms with E-state index in [0.29, 0.717) is 25.0 Å². The summed E-state index contributed by atoms with van der Waals surface area (Å²) < 4.78 is 6.20. The SMILES string of the molecule is CNc1cccc(-c2cc(C)c3c(c2)CN(c2nc(N)nc(C)c2C(C)C)CCO3)c1. The molecule has 0 fully saturated rings. The normalized spacial score (nSPS) is 13.5. The molecule has 0 saturated carbocycles. The second kappa shape index (κ2) is 8.46. The molecule has 0 radical (unpaired) electrons. The number of nitrogens with zero attached hydrogens (tertiary/aromatic N) is 3. The molecule has 6 heteroatoms. The summed E-state index contributed by atoms with van der Waals surface area (Å²) in [6, 6.07) is 12.9. The van der Waals surface area contributed by atoms with Crippen LogP contribution < -0.4 is 20.7 Å². The summed E-state index contributed by atoms with van der Waals surface area (Å²) in [5, 5.41) is 3.22. The van der Waals surface area contributed by atoms with E-state index in [1.54, 1.807) is 0 Å². The summed E-state index contributed by atoms with van der Waals surface area (Å²) in [6.45, 7) is 10.5. The van der Waals surface area contributed by atoms with Gasteiger partial charge in [0.15, 0.2) is 0 Å². The minimum absolute atomic E-state index is 0.302. The van der Waals surface area contributed by atoms with Gasteiger partial charge >= 0.3 is 0 Å². The Morgan fingerprint density at radius 1 is 1.10 bits per heavy atom. The van der Waals surface area contributed by atoms with Crippen molar-refractivity contribution in [1.82, 2.24) is 9.97 Å². The van der Waals surface area contributed by atoms with Crippen LogP contribution in [0.5, 0.6) is 5.75 Å². The minimum atomic E-state index is 0.302. The maximum absolute atomic E-state index is 6.20. The van der Waals surface area contributed by atoms with Gasteiger partial charge in [0.1, 0.15) is 18.2 Å². The number of anilines is 3. The molecule has 1 aliphatic rings. The molecule has 31 heavy (non-hydrogen) atoms. The van der Waals surface area contributed by atoms with E-state index in [1.807, 2.05) is 14.0 Å². The largest absolute Gasteiger partial charge is 0.491 e. The van der Waals surface area contributed by atoms with Crippen molar-refractivity contribution in [3.63, 3.8) is 0 Å². The maximum atomic E-state index is 6.20. The van der Waals surface area contributed by atoms with Crippen LogP contribution in [-0.4, -0.2) is 30.2 Å². The van der Waals surface area contributed by atoms with Gasteiger partial charge in [-0.2, -0.15) is 4.98 Å². The van der Waals surface area contributed by atoms with Crippen molar-refractivity contribution in [3.05, 3.63) is 58.8 Å². The van der Waals surface area contributed by atoms with E-state index in [0.717, 1.165) is 46.2 Å². The number of rotatable bonds is 4. The number of fused-ring (bicyclic) bond motifs is 1. The summed E-state index contributed by atoms with van der Waals surface area (Å²) in [5.41, 5.74) is 13.9. The number of nitrogen functional groups attached to an aromatic ring is 1. The first-order chi connectivity index (χ1) is 14.9. The predicted octanol–water partition coefficient (Wildman–Crippen LogP) is 4.91. The molecule has 2 aromatic carbocycles. The van der Waals surface area contributed by atoms with E-state index in [1.165, 1.54) is 11.1 Å². The van der Waals surface area contributed by atoms with Crippen LogP contribution in [-0.2, 0) is 6.54 Å². The highest BCUT2D eigenvalue weighted by Crippen LogP contribution is 2.36. The van der Waals surface area contributed by atoms with Crippen molar-refractivity contribution in [1.29, 1.82) is 0 Å². The molecule has 3 N–H and O–H groups in total. The number of ether oxygens (including phenoxy) is 1. The number of nitrogens with one attached hydrogen (secondary N) is 1. The van der Waals surface area contributed by atoms with Crippen LogP contribution in [0.25, 0.3) is 11.1 Å². The topological polar surface area (TPSA) is 76.3 Å². The van der Waals surface area contributed by atoms with Crippen molar-refractivity contribution < 1.29 is 4.74 Å². The fourth-order valence-corrected chi connectivity index (χ4v) is 4.42. The van der Waals surface area contributed by atoms with E-state index < -0.39 is 0 Å². The van der Waals surface area contributed by atoms with E-state index in [4.69, 9.17) is 10.5 Å². The van der Waals surface area contributed by atoms with Gasteiger partial charge < -0.3 is 20.7 Å². The predicted molar refractivity (Wildman–Crippen MR) is 128 cm³/mol. The Kier molecular flexibility index (Phi) is 5.72. The Hall–Kier alpha value is -3.28. The van der Waals surface area contributed by atoms with Crippen LogP contribution in [0.4, 0.5) is 17.5 Å². The zero-order valence-corrected chi connectivity index (χ0v) is 19.0. The molecule has 0 atom stereocenters. The van der Waals surface area contributed by atoms with Gasteiger partial charge in [0.2, 0.25) is 5.95 Å². The van der Waals surface area contributed by atoms with Crippen LogP contribution in [0.2, 0.25) is 0 Å². The first-order valence-electron chi connectivity index (χ1n) is 10.8. The number of hydrogen-bond acceptors (Lipinski definition) is 6. The lowest BCUT2D eigenvalue weighted by atomic mass is 9.98. The van der Waals surface area contributed by atoms with Crippen molar-refractivity contribution in [3.8, 4) is 16.9 Å². The number of aryl methyl sites for hydroxylation is 2. The molecule has 4 rings (SSSR count). The number of aromatic nitrogens is 2. The highest BCUT2D eigenvalue weighted by atomic mass is 16.5. The number of hydrogen-bond donors (Lipinski definition) is 2. The van der Waals surface area contributed by atoms with Crippen LogP contribution in [0.15, 0.2) is 36.4 Å². The quantitative estimate of drug-likeness (QED) is 0.628. The van der Waals surface area contributed by atoms with E-state index >= 15 is 0 Å². The molecule has 162 valence electrons. The highest BCUT2D eigenvalue weighted by molar-refractivity contribution is 5.71. The van der Waals surface area contributed by atoms with Gasteiger partial charge in [-0.1, -0.05) is 26.0 Å². The van der Waals surface area contributed by atoms with Gasteiger partial charge in [0.25, 0.3) is 0 Å². The Morgan fingerprint density at radius 3 is 2.65 bits per heavy atom. The molecule has 6 nitrogen and oxygen atoms in total. The summed E-state index contributed by atoms with van der Waals surface area (Å²) in [5.74, 6) is 2.50. The lowest BCUT2D eigenvalue weighted by Gasteiger charge is -2.26. The van der Waals surface area contributed by atoms with Crippen molar-refractivity contribution in [2.45, 2.75) is 40.2 Å². The first-order valence-corrected chi connectivity index (χ1v) is 10.8. The molecule has 1 aliphatic heterocycles. The third kappa shape index (κ3) is 4.15. The monoisotopic (exact) mass is 417 g/mol. The van der Waals surface area contributed by atoms with E-state index in [2.05, 4.69) is 77.4 Å². The van der Waals surface area contributed by atoms with Crippen LogP contribution in [0.3, 0.4) is 0 Å². The Bertz CT molecular complexity index is 1110. The molecule has 0 saturated heterocycles. The molecule has 3 aromatic rings. The summed E-state index contributed by atoms with van der Waals surface area (Å²) in [7, 11) is 1.94. The van der Waals surface area contributed by atoms with Gasteiger partial charge in [-0.15, -0.1) is 0 Å². The molecule has 0 bridgehead atoms. The maximum Gasteiger partial charge on any atom is 0.222 e. The highest BCUT2D eigenvalue weighted by Gasteiger charge is 2.24. The fourth-order valence-electron chi connectivity index (χ4n) is 4.42. The molecule has 0 spiro atoms. The molecule has 1 aromatic heterocycles. The molecule has 0 unspecified atom stereocenters. The number of nitrogens with two attached hydrogens (primary N) is 1. The van der Waals surface area contributed by atoms with E-state index in [9.17, 15) is 0 Å². The second-order valence-electron chi connectivity index (χ2n) is 8.44. The van der Waals surface area contributed by atoms with Crippen LogP contribution in [0, 0.1) is 13.8 Å². The van der Waals surface area contributed by atoms with Crippen molar-refractivity contribution >= 4 is 17.5 Å². The average Bonchev–Trinajstić information content (AvgIpc) is 2.95. The van der Waals surface area contributed by atoms with Gasteiger partial charge in [-0.05, 0) is 60.7 Å². The summed E-state index contributed by atoms with van der Waals surface area (Å²) in [4.78, 5) is 11.3. The summed E-state index contributed by atoms with van der Waals surface area (Å²) in [6.07, 6.45) is 0. The second-order valence-corrected chi connectivity index (χ2v) is 8.44. The van der Waals surface area contributed by atoms with Gasteiger partial charge in [0, 0.05) is 36.1 Å². The Morgan fingerprint density at radius 2 is 1.90 bits per heavy atom. The van der Waals surface area contributed by atoms with Crippen LogP contribution in [0.1, 0.15) is 42.1 Å². The molecular formula is C25H31N5O. The molecule has 0 amide bonds. The summed E-state index contributed by atoms with van der Waals surface area (Å²) >= 11 is 0. The smallest absolute Gasteiger partial charge is 0.222 e.